The Morgan fingerprint density at radius 3 is 1.77 bits per heavy atom. The van der Waals surface area contributed by atoms with E-state index in [9.17, 15) is 34.2 Å². The number of thioether (sulfide) groups is 1. The minimum Gasteiger partial charge on any atom is -0.492 e. The van der Waals surface area contributed by atoms with E-state index in [1.54, 1.807) is 0 Å². The van der Waals surface area contributed by atoms with E-state index in [1.807, 2.05) is 0 Å². The first-order valence-corrected chi connectivity index (χ1v) is 11.4. The largest absolute Gasteiger partial charge is 0.492 e. The molecule has 0 aliphatic carbocycles. The number of ether oxygens (including phenoxy) is 4. The van der Waals surface area contributed by atoms with Crippen molar-refractivity contribution in [3.63, 3.8) is 0 Å². The van der Waals surface area contributed by atoms with Crippen LogP contribution in [0.25, 0.3) is 0 Å². The van der Waals surface area contributed by atoms with Gasteiger partial charge in [-0.15, -0.1) is 16.5 Å². The molecule has 14 heteroatoms. The van der Waals surface area contributed by atoms with E-state index in [2.05, 4.69) is 0 Å². The van der Waals surface area contributed by atoms with Crippen molar-refractivity contribution in [1.29, 1.82) is 0 Å². The summed E-state index contributed by atoms with van der Waals surface area (Å²) in [6.45, 7) is 4.40. The molecule has 2 N–H and O–H groups in total. The zero-order valence-electron chi connectivity index (χ0n) is 19.5. The van der Waals surface area contributed by atoms with Gasteiger partial charge < -0.3 is 34.0 Å². The standard InChI is InChI=1S/C21H27NO12S/c1-10(23)30-9-15-20(32-12(3)25)21(33-13(4)26)19(31-11(2)24)14(35-15)5-8-18(29)34-22-16(27)6-7-17(22)28/h6-7,14-15,19-21,27-28H,5,8-9H2,1-4H3/t14-,15-,19-,20-,21-/m1/s1. The van der Waals surface area contributed by atoms with Crippen LogP contribution in [0, 0.1) is 0 Å². The summed E-state index contributed by atoms with van der Waals surface area (Å²) in [7, 11) is 0. The Bertz CT molecular complexity index is 941. The van der Waals surface area contributed by atoms with Crippen molar-refractivity contribution in [1.82, 2.24) is 4.73 Å². The predicted molar refractivity (Wildman–Crippen MR) is 117 cm³/mol. The molecule has 1 aliphatic rings. The molecule has 2 rings (SSSR count). The van der Waals surface area contributed by atoms with Gasteiger partial charge in [0.1, 0.15) is 6.61 Å². The predicted octanol–water partition coefficient (Wildman–Crippen LogP) is 0.477. The zero-order chi connectivity index (χ0) is 26.3. The van der Waals surface area contributed by atoms with Crippen molar-refractivity contribution in [3.8, 4) is 11.8 Å². The Kier molecular flexibility index (Phi) is 9.80. The quantitative estimate of drug-likeness (QED) is 0.342. The average molecular weight is 518 g/mol. The number of esters is 4. The summed E-state index contributed by atoms with van der Waals surface area (Å²) in [5.74, 6) is -4.57. The first kappa shape index (κ1) is 27.8. The van der Waals surface area contributed by atoms with Gasteiger partial charge in [-0.25, -0.2) is 4.79 Å². The molecular weight excluding hydrogens is 490 g/mol. The van der Waals surface area contributed by atoms with Crippen LogP contribution in [0.1, 0.15) is 40.5 Å². The highest BCUT2D eigenvalue weighted by atomic mass is 32.2. The monoisotopic (exact) mass is 517 g/mol. The third-order valence-electron chi connectivity index (χ3n) is 4.71. The van der Waals surface area contributed by atoms with Gasteiger partial charge in [-0.1, -0.05) is 0 Å². The van der Waals surface area contributed by atoms with E-state index in [0.717, 1.165) is 44.7 Å². The number of hydrogen-bond acceptors (Lipinski definition) is 13. The number of aromatic nitrogens is 1. The van der Waals surface area contributed by atoms with Crippen molar-refractivity contribution in [2.45, 2.75) is 69.3 Å². The smallest absolute Gasteiger partial charge is 0.333 e. The minimum atomic E-state index is -1.25. The lowest BCUT2D eigenvalue weighted by molar-refractivity contribution is -0.185. The van der Waals surface area contributed by atoms with Gasteiger partial charge in [0.25, 0.3) is 0 Å². The molecule has 0 unspecified atom stereocenters. The fourth-order valence-corrected chi connectivity index (χ4v) is 5.03. The number of rotatable bonds is 9. The van der Waals surface area contributed by atoms with Crippen LogP contribution in [-0.2, 0) is 42.9 Å². The lowest BCUT2D eigenvalue weighted by atomic mass is 9.97. The molecule has 1 aromatic heterocycles. The zero-order valence-corrected chi connectivity index (χ0v) is 20.3. The first-order chi connectivity index (χ1) is 16.4. The molecule has 0 spiro atoms. The maximum absolute atomic E-state index is 12.3. The van der Waals surface area contributed by atoms with E-state index in [1.165, 1.54) is 6.92 Å². The second-order valence-corrected chi connectivity index (χ2v) is 9.07. The van der Waals surface area contributed by atoms with Gasteiger partial charge in [0.2, 0.25) is 11.8 Å². The fourth-order valence-electron chi connectivity index (χ4n) is 3.45. The molecule has 1 saturated heterocycles. The number of nitrogens with zero attached hydrogens (tertiary/aromatic N) is 1. The molecule has 1 aliphatic heterocycles. The second-order valence-electron chi connectivity index (χ2n) is 7.58. The summed E-state index contributed by atoms with van der Waals surface area (Å²) in [5, 5.41) is 17.8. The fraction of sp³-hybridized carbons (Fsp3) is 0.571. The molecule has 1 aromatic rings. The average Bonchev–Trinajstić information content (AvgIpc) is 3.05. The third-order valence-corrected chi connectivity index (χ3v) is 6.32. The van der Waals surface area contributed by atoms with Gasteiger partial charge >= 0.3 is 29.8 Å². The van der Waals surface area contributed by atoms with Crippen LogP contribution in [-0.4, -0.2) is 80.2 Å². The van der Waals surface area contributed by atoms with Crippen LogP contribution >= 0.6 is 11.8 Å². The third kappa shape index (κ3) is 8.09. The molecule has 1 fully saturated rings. The number of aromatic hydroxyl groups is 2. The summed E-state index contributed by atoms with van der Waals surface area (Å²) in [6, 6.07) is 2.24. The topological polar surface area (TPSA) is 177 Å². The van der Waals surface area contributed by atoms with Crippen LogP contribution < -0.4 is 4.84 Å². The molecular formula is C21H27NO12S. The molecule has 5 atom stereocenters. The second kappa shape index (κ2) is 12.3. The van der Waals surface area contributed by atoms with Gasteiger partial charge in [-0.2, -0.15) is 0 Å². The molecule has 0 bridgehead atoms. The minimum absolute atomic E-state index is 0.0192. The summed E-state index contributed by atoms with van der Waals surface area (Å²) in [5.41, 5.74) is 0. The van der Waals surface area contributed by atoms with Crippen LogP contribution in [0.5, 0.6) is 11.8 Å². The highest BCUT2D eigenvalue weighted by Crippen LogP contribution is 2.40. The Morgan fingerprint density at radius 2 is 1.29 bits per heavy atom. The number of carbonyl (C=O) groups excluding carboxylic acids is 5. The number of hydrogen-bond donors (Lipinski definition) is 2. The Morgan fingerprint density at radius 1 is 0.800 bits per heavy atom. The van der Waals surface area contributed by atoms with Gasteiger partial charge in [-0.05, 0) is 6.42 Å². The molecule has 194 valence electrons. The van der Waals surface area contributed by atoms with Crippen LogP contribution in [0.2, 0.25) is 0 Å². The van der Waals surface area contributed by atoms with Crippen molar-refractivity contribution < 1.29 is 58.0 Å². The summed E-state index contributed by atoms with van der Waals surface area (Å²) in [6.07, 6.45) is -3.74. The normalized spacial score (nSPS) is 23.6. The van der Waals surface area contributed by atoms with Gasteiger partial charge in [0, 0.05) is 51.5 Å². The van der Waals surface area contributed by atoms with Crippen LogP contribution in [0.3, 0.4) is 0 Å². The SMILES string of the molecule is CC(=O)OC[C@H]1S[C@H](CCC(=O)On2c(O)ccc2O)[C@@H](OC(C)=O)[C@@H](OC(C)=O)[C@@H]1OC(C)=O. The lowest BCUT2D eigenvalue weighted by Gasteiger charge is -2.44. The number of carbonyl (C=O) groups is 5. The molecule has 0 aromatic carbocycles. The maximum Gasteiger partial charge on any atom is 0.333 e. The summed E-state index contributed by atoms with van der Waals surface area (Å²) in [4.78, 5) is 64.1. The van der Waals surface area contributed by atoms with Crippen molar-refractivity contribution in [3.05, 3.63) is 12.1 Å². The molecule has 2 heterocycles. The Hall–Kier alpha value is -3.42. The molecule has 0 saturated carbocycles. The summed E-state index contributed by atoms with van der Waals surface area (Å²) >= 11 is 1.12. The maximum atomic E-state index is 12.3. The van der Waals surface area contributed by atoms with E-state index >= 15 is 0 Å². The van der Waals surface area contributed by atoms with E-state index in [-0.39, 0.29) is 19.4 Å². The summed E-state index contributed by atoms with van der Waals surface area (Å²) < 4.78 is 21.8. The highest BCUT2D eigenvalue weighted by molar-refractivity contribution is 8.00. The first-order valence-electron chi connectivity index (χ1n) is 10.5. The van der Waals surface area contributed by atoms with Gasteiger partial charge in [0.15, 0.2) is 18.3 Å². The Balaban J connectivity index is 2.29. The van der Waals surface area contributed by atoms with Crippen molar-refractivity contribution in [2.75, 3.05) is 6.61 Å². The van der Waals surface area contributed by atoms with Gasteiger partial charge in [0.05, 0.1) is 5.25 Å². The van der Waals surface area contributed by atoms with Crippen molar-refractivity contribution in [2.24, 2.45) is 0 Å². The van der Waals surface area contributed by atoms with E-state index in [4.69, 9.17) is 23.8 Å². The van der Waals surface area contributed by atoms with Gasteiger partial charge in [-0.3, -0.25) is 19.2 Å². The lowest BCUT2D eigenvalue weighted by Crippen LogP contribution is -2.58. The molecule has 13 nitrogen and oxygen atoms in total. The molecule has 0 radical (unpaired) electrons. The van der Waals surface area contributed by atoms with Crippen LogP contribution in [0.15, 0.2) is 12.1 Å². The molecule has 35 heavy (non-hydrogen) atoms. The highest BCUT2D eigenvalue weighted by Gasteiger charge is 2.51. The molecule has 0 amide bonds. The van der Waals surface area contributed by atoms with Crippen LogP contribution in [0.4, 0.5) is 0 Å². The van der Waals surface area contributed by atoms with E-state index in [0.29, 0.717) is 4.73 Å². The van der Waals surface area contributed by atoms with E-state index < -0.39 is 70.4 Å². The van der Waals surface area contributed by atoms with Crippen molar-refractivity contribution >= 4 is 41.6 Å². The Labute approximate surface area is 204 Å².